The van der Waals surface area contributed by atoms with Crippen LogP contribution in [0.3, 0.4) is 0 Å². The Morgan fingerprint density at radius 3 is 2.89 bits per heavy atom. The molecular formula is C16H14N2O. The smallest absolute Gasteiger partial charge is 0.149 e. The average Bonchev–Trinajstić information content (AvgIpc) is 2.67. The standard InChI is InChI=1S/C16H14N2O/c19-11-13-10-17-16(12-6-2-1-3-7-12)14-8-4-5-9-15(14)18-13/h1-6,8-13H,7H2. The van der Waals surface area contributed by atoms with Crippen LogP contribution in [-0.2, 0) is 4.79 Å². The number of rotatable bonds is 2. The Balaban J connectivity index is 2.21. The van der Waals surface area contributed by atoms with Gasteiger partial charge in [0.15, 0.2) is 0 Å². The van der Waals surface area contributed by atoms with E-state index in [0.29, 0.717) is 0 Å². The van der Waals surface area contributed by atoms with Crippen molar-refractivity contribution >= 4 is 18.2 Å². The SMILES string of the molecule is O=CC1C=NC(C2C=CC=CC2)=c2ccccc2=N1. The molecular weight excluding hydrogens is 236 g/mol. The highest BCUT2D eigenvalue weighted by Crippen LogP contribution is 2.21. The lowest BCUT2D eigenvalue weighted by Gasteiger charge is -2.13. The lowest BCUT2D eigenvalue weighted by molar-refractivity contribution is -0.107. The Bertz CT molecular complexity index is 698. The molecule has 1 heterocycles. The molecule has 0 fully saturated rings. The first kappa shape index (κ1) is 11.8. The van der Waals surface area contributed by atoms with Crippen LogP contribution in [0.2, 0.25) is 0 Å². The Labute approximate surface area is 111 Å². The molecule has 0 amide bonds. The number of hydrogen-bond donors (Lipinski definition) is 0. The van der Waals surface area contributed by atoms with Crippen molar-refractivity contribution < 1.29 is 4.79 Å². The molecule has 19 heavy (non-hydrogen) atoms. The Morgan fingerprint density at radius 1 is 1.21 bits per heavy atom. The monoisotopic (exact) mass is 250 g/mol. The Morgan fingerprint density at radius 2 is 2.11 bits per heavy atom. The van der Waals surface area contributed by atoms with Crippen LogP contribution < -0.4 is 10.6 Å². The molecule has 2 unspecified atom stereocenters. The van der Waals surface area contributed by atoms with Gasteiger partial charge in [-0.15, -0.1) is 0 Å². The zero-order valence-corrected chi connectivity index (χ0v) is 10.4. The molecule has 1 aromatic carbocycles. The minimum Gasteiger partial charge on any atom is -0.301 e. The minimum atomic E-state index is -0.484. The van der Waals surface area contributed by atoms with Gasteiger partial charge in [0.1, 0.15) is 12.3 Å². The fraction of sp³-hybridized carbons (Fsp3) is 0.188. The Hall–Kier alpha value is -2.29. The molecule has 1 aromatic rings. The minimum absolute atomic E-state index is 0.253. The van der Waals surface area contributed by atoms with E-state index in [4.69, 9.17) is 0 Å². The maximum Gasteiger partial charge on any atom is 0.149 e. The summed E-state index contributed by atoms with van der Waals surface area (Å²) >= 11 is 0. The van der Waals surface area contributed by atoms with Crippen molar-refractivity contribution in [2.75, 3.05) is 0 Å². The predicted molar refractivity (Wildman–Crippen MR) is 75.4 cm³/mol. The van der Waals surface area contributed by atoms with Crippen molar-refractivity contribution in [3.8, 4) is 0 Å². The van der Waals surface area contributed by atoms with Gasteiger partial charge in [-0.3, -0.25) is 9.98 Å². The van der Waals surface area contributed by atoms with E-state index >= 15 is 0 Å². The molecule has 2 atom stereocenters. The van der Waals surface area contributed by atoms with Crippen LogP contribution in [-0.4, -0.2) is 18.5 Å². The highest BCUT2D eigenvalue weighted by atomic mass is 16.1. The zero-order chi connectivity index (χ0) is 13.1. The molecule has 3 heteroatoms. The van der Waals surface area contributed by atoms with E-state index in [2.05, 4.69) is 22.1 Å². The third kappa shape index (κ3) is 2.32. The van der Waals surface area contributed by atoms with Gasteiger partial charge in [0.05, 0.1) is 11.1 Å². The summed E-state index contributed by atoms with van der Waals surface area (Å²) in [6, 6.07) is 7.38. The van der Waals surface area contributed by atoms with Crippen molar-refractivity contribution in [1.82, 2.24) is 0 Å². The predicted octanol–water partition coefficient (Wildman–Crippen LogP) is 1.20. The summed E-state index contributed by atoms with van der Waals surface area (Å²) in [5.74, 6) is 0.253. The number of fused-ring (bicyclic) bond motifs is 1. The number of aldehydes is 1. The van der Waals surface area contributed by atoms with Gasteiger partial charge in [-0.1, -0.05) is 42.5 Å². The number of carbonyl (C=O) groups is 1. The lowest BCUT2D eigenvalue weighted by atomic mass is 9.95. The van der Waals surface area contributed by atoms with Crippen molar-refractivity contribution in [3.63, 3.8) is 0 Å². The van der Waals surface area contributed by atoms with Gasteiger partial charge in [0.25, 0.3) is 0 Å². The molecule has 1 aliphatic carbocycles. The molecule has 0 radical (unpaired) electrons. The summed E-state index contributed by atoms with van der Waals surface area (Å²) in [6.45, 7) is 0. The van der Waals surface area contributed by atoms with Crippen LogP contribution in [0.1, 0.15) is 6.42 Å². The molecule has 0 aromatic heterocycles. The highest BCUT2D eigenvalue weighted by molar-refractivity contribution is 5.88. The van der Waals surface area contributed by atoms with Gasteiger partial charge in [0, 0.05) is 17.4 Å². The molecule has 3 rings (SSSR count). The van der Waals surface area contributed by atoms with Crippen LogP contribution >= 0.6 is 0 Å². The molecule has 2 aliphatic rings. The lowest BCUT2D eigenvalue weighted by Crippen LogP contribution is -2.29. The summed E-state index contributed by atoms with van der Waals surface area (Å²) in [5, 5.41) is 1.86. The molecule has 1 aliphatic heterocycles. The number of carbonyl (C=O) groups excluding carboxylic acids is 1. The van der Waals surface area contributed by atoms with Crippen LogP contribution in [0.15, 0.2) is 58.6 Å². The van der Waals surface area contributed by atoms with E-state index in [1.165, 1.54) is 0 Å². The molecule has 0 N–H and O–H groups in total. The van der Waals surface area contributed by atoms with Gasteiger partial charge in [-0.2, -0.15) is 0 Å². The van der Waals surface area contributed by atoms with E-state index in [1.54, 1.807) is 6.21 Å². The van der Waals surface area contributed by atoms with Gasteiger partial charge in [-0.05, 0) is 12.5 Å². The van der Waals surface area contributed by atoms with Crippen molar-refractivity contribution in [2.45, 2.75) is 12.5 Å². The number of aliphatic imine (C=N–C) groups is 1. The fourth-order valence-corrected chi connectivity index (χ4v) is 2.37. The van der Waals surface area contributed by atoms with E-state index in [9.17, 15) is 4.79 Å². The third-order valence-electron chi connectivity index (χ3n) is 3.31. The first-order valence-electron chi connectivity index (χ1n) is 6.38. The third-order valence-corrected chi connectivity index (χ3v) is 3.31. The van der Waals surface area contributed by atoms with Crippen LogP contribution in [0.5, 0.6) is 0 Å². The van der Waals surface area contributed by atoms with Gasteiger partial charge in [-0.25, -0.2) is 0 Å². The van der Waals surface area contributed by atoms with E-state index < -0.39 is 6.04 Å². The van der Waals surface area contributed by atoms with E-state index in [1.807, 2.05) is 36.4 Å². The Kier molecular flexibility index (Phi) is 3.19. The summed E-state index contributed by atoms with van der Waals surface area (Å²) in [7, 11) is 0. The number of benzene rings is 1. The summed E-state index contributed by atoms with van der Waals surface area (Å²) in [5.41, 5.74) is 0.990. The molecule has 0 saturated carbocycles. The van der Waals surface area contributed by atoms with Crippen molar-refractivity contribution in [3.05, 3.63) is 59.1 Å². The largest absolute Gasteiger partial charge is 0.301 e. The maximum atomic E-state index is 11.0. The highest BCUT2D eigenvalue weighted by Gasteiger charge is 2.15. The van der Waals surface area contributed by atoms with Crippen molar-refractivity contribution in [1.29, 1.82) is 0 Å². The molecule has 0 bridgehead atoms. The first-order chi connectivity index (χ1) is 9.38. The van der Waals surface area contributed by atoms with Crippen molar-refractivity contribution in [2.24, 2.45) is 15.9 Å². The number of allylic oxidation sites excluding steroid dienone is 3. The molecule has 0 spiro atoms. The second-order valence-corrected chi connectivity index (χ2v) is 4.59. The number of nitrogens with zero attached hydrogens (tertiary/aromatic N) is 2. The van der Waals surface area contributed by atoms with Crippen LogP contribution in [0.4, 0.5) is 0 Å². The maximum absolute atomic E-state index is 11.0. The van der Waals surface area contributed by atoms with Gasteiger partial charge < -0.3 is 4.79 Å². The molecule has 0 saturated heterocycles. The topological polar surface area (TPSA) is 41.8 Å². The average molecular weight is 250 g/mol. The van der Waals surface area contributed by atoms with Crippen LogP contribution in [0.25, 0.3) is 5.70 Å². The fourth-order valence-electron chi connectivity index (χ4n) is 2.37. The van der Waals surface area contributed by atoms with E-state index in [0.717, 1.165) is 29.0 Å². The summed E-state index contributed by atoms with van der Waals surface area (Å²) < 4.78 is 0. The van der Waals surface area contributed by atoms with Gasteiger partial charge in [0.2, 0.25) is 0 Å². The normalized spacial score (nSPS) is 24.5. The number of hydrogen-bond acceptors (Lipinski definition) is 3. The summed E-state index contributed by atoms with van der Waals surface area (Å²) in [6.07, 6.45) is 11.7. The van der Waals surface area contributed by atoms with E-state index in [-0.39, 0.29) is 5.92 Å². The van der Waals surface area contributed by atoms with Gasteiger partial charge >= 0.3 is 0 Å². The molecule has 94 valence electrons. The molecule has 3 nitrogen and oxygen atoms in total. The van der Waals surface area contributed by atoms with Crippen LogP contribution in [0, 0.1) is 5.92 Å². The number of para-hydroxylation sites is 1. The first-order valence-corrected chi connectivity index (χ1v) is 6.38. The second kappa shape index (κ2) is 5.14. The summed E-state index contributed by atoms with van der Waals surface area (Å²) in [4.78, 5) is 19.9. The second-order valence-electron chi connectivity index (χ2n) is 4.59. The quantitative estimate of drug-likeness (QED) is 0.727. The zero-order valence-electron chi connectivity index (χ0n) is 10.4.